The van der Waals surface area contributed by atoms with Crippen molar-refractivity contribution in [2.75, 3.05) is 6.54 Å². The van der Waals surface area contributed by atoms with Gasteiger partial charge in [0, 0.05) is 10.6 Å². The molecule has 214 valence electrons. The molecule has 0 saturated carbocycles. The van der Waals surface area contributed by atoms with E-state index in [0.717, 1.165) is 21.2 Å². The van der Waals surface area contributed by atoms with Crippen molar-refractivity contribution >= 4 is 52.7 Å². The SMILES string of the molecule is CC1=CC[C@H]2C(=O)N(N(CC(=O)c3ccc(OC(=O)c4ccc(C)cc4)cc3)C(=O)c3ccc(Cl)cc3Cl)C(=O)[C@H]2C1. The normalized spacial score (nSPS) is 17.9. The van der Waals surface area contributed by atoms with Crippen molar-refractivity contribution in [1.29, 1.82) is 0 Å². The molecule has 0 bridgehead atoms. The van der Waals surface area contributed by atoms with Gasteiger partial charge in [0.05, 0.1) is 28.0 Å². The van der Waals surface area contributed by atoms with E-state index in [-0.39, 0.29) is 21.9 Å². The Morgan fingerprint density at radius 2 is 1.52 bits per heavy atom. The van der Waals surface area contributed by atoms with Gasteiger partial charge in [0.15, 0.2) is 5.78 Å². The molecule has 0 unspecified atom stereocenters. The number of hydrazine groups is 1. The lowest BCUT2D eigenvalue weighted by atomic mass is 9.82. The number of carbonyl (C=O) groups excluding carboxylic acids is 5. The molecule has 0 radical (unpaired) electrons. The number of hydrogen-bond acceptors (Lipinski definition) is 6. The zero-order valence-corrected chi connectivity index (χ0v) is 24.3. The summed E-state index contributed by atoms with van der Waals surface area (Å²) in [5.41, 5.74) is 2.53. The number of benzene rings is 3. The van der Waals surface area contributed by atoms with Crippen molar-refractivity contribution in [2.45, 2.75) is 26.7 Å². The number of ether oxygens (including phenoxy) is 1. The average Bonchev–Trinajstić information content (AvgIpc) is 3.20. The summed E-state index contributed by atoms with van der Waals surface area (Å²) in [6.45, 7) is 3.19. The molecule has 0 N–H and O–H groups in total. The van der Waals surface area contributed by atoms with Gasteiger partial charge in [-0.05, 0) is 81.3 Å². The third-order valence-electron chi connectivity index (χ3n) is 7.40. The maximum atomic E-state index is 13.8. The highest BCUT2D eigenvalue weighted by Gasteiger charge is 2.52. The molecule has 1 aliphatic heterocycles. The summed E-state index contributed by atoms with van der Waals surface area (Å²) < 4.78 is 5.40. The molecule has 10 heteroatoms. The highest BCUT2D eigenvalue weighted by Crippen LogP contribution is 2.39. The smallest absolute Gasteiger partial charge is 0.343 e. The van der Waals surface area contributed by atoms with Crippen LogP contribution in [0.2, 0.25) is 10.0 Å². The Morgan fingerprint density at radius 3 is 2.19 bits per heavy atom. The fourth-order valence-electron chi connectivity index (χ4n) is 5.09. The second kappa shape index (κ2) is 11.9. The molecule has 0 spiro atoms. The first-order valence-corrected chi connectivity index (χ1v) is 14.0. The van der Waals surface area contributed by atoms with Gasteiger partial charge in [-0.25, -0.2) is 9.80 Å². The zero-order valence-electron chi connectivity index (χ0n) is 22.8. The van der Waals surface area contributed by atoms with E-state index < -0.39 is 47.9 Å². The second-order valence-corrected chi connectivity index (χ2v) is 11.2. The van der Waals surface area contributed by atoms with Gasteiger partial charge in [-0.15, -0.1) is 0 Å². The van der Waals surface area contributed by atoms with Gasteiger partial charge in [-0.3, -0.25) is 19.2 Å². The molecule has 1 saturated heterocycles. The topological polar surface area (TPSA) is 101 Å². The molecule has 2 aliphatic rings. The minimum Gasteiger partial charge on any atom is -0.423 e. The van der Waals surface area contributed by atoms with E-state index in [9.17, 15) is 24.0 Å². The van der Waals surface area contributed by atoms with Crippen LogP contribution in [0.4, 0.5) is 0 Å². The van der Waals surface area contributed by atoms with E-state index in [2.05, 4.69) is 0 Å². The number of esters is 1. The number of imide groups is 1. The van der Waals surface area contributed by atoms with E-state index in [1.165, 1.54) is 42.5 Å². The van der Waals surface area contributed by atoms with Crippen molar-refractivity contribution in [1.82, 2.24) is 10.0 Å². The van der Waals surface area contributed by atoms with Crippen LogP contribution in [0.15, 0.2) is 78.4 Å². The molecule has 1 heterocycles. The molecule has 5 rings (SSSR count). The van der Waals surface area contributed by atoms with Crippen LogP contribution in [0.1, 0.15) is 56.4 Å². The standard InChI is InChI=1S/C32H26Cl2N2O6/c1-18-3-6-21(7-4-18)32(41)42-23-11-8-20(9-12-23)28(37)17-35(29(38)25-14-10-22(33)16-27(25)34)36-30(39)24-13-5-19(2)15-26(24)31(36)40/h3-12,14,16,24,26H,13,15,17H2,1-2H3/t24-,26+/m1/s1. The molecule has 3 amide bonds. The molecule has 42 heavy (non-hydrogen) atoms. The summed E-state index contributed by atoms with van der Waals surface area (Å²) in [5, 5.41) is 1.97. The van der Waals surface area contributed by atoms with Crippen LogP contribution in [-0.4, -0.2) is 46.0 Å². The molecule has 1 aliphatic carbocycles. The molecular weight excluding hydrogens is 579 g/mol. The van der Waals surface area contributed by atoms with Gasteiger partial charge >= 0.3 is 5.97 Å². The van der Waals surface area contributed by atoms with E-state index in [1.54, 1.807) is 24.3 Å². The average molecular weight is 605 g/mol. The lowest BCUT2D eigenvalue weighted by molar-refractivity contribution is -0.154. The molecular formula is C32H26Cl2N2O6. The van der Waals surface area contributed by atoms with Gasteiger partial charge in [0.2, 0.25) is 0 Å². The second-order valence-electron chi connectivity index (χ2n) is 10.4. The Hall–Kier alpha value is -4.27. The van der Waals surface area contributed by atoms with Crippen molar-refractivity contribution in [2.24, 2.45) is 11.8 Å². The van der Waals surface area contributed by atoms with Crippen molar-refractivity contribution in [3.63, 3.8) is 0 Å². The Labute approximate surface area is 252 Å². The monoisotopic (exact) mass is 604 g/mol. The number of allylic oxidation sites excluding steroid dienone is 2. The lowest BCUT2D eigenvalue weighted by Gasteiger charge is -2.30. The minimum absolute atomic E-state index is 0.0127. The summed E-state index contributed by atoms with van der Waals surface area (Å²) >= 11 is 12.3. The number of nitrogens with zero attached hydrogens (tertiary/aromatic N) is 2. The van der Waals surface area contributed by atoms with Crippen LogP contribution in [0.3, 0.4) is 0 Å². The van der Waals surface area contributed by atoms with Crippen LogP contribution in [0, 0.1) is 18.8 Å². The zero-order chi connectivity index (χ0) is 30.1. The van der Waals surface area contributed by atoms with Crippen LogP contribution >= 0.6 is 23.2 Å². The number of rotatable bonds is 7. The first-order chi connectivity index (χ1) is 20.0. The Bertz CT molecular complexity index is 1630. The van der Waals surface area contributed by atoms with Gasteiger partial charge in [0.25, 0.3) is 17.7 Å². The number of fused-ring (bicyclic) bond motifs is 1. The number of Topliss-reactive ketones (excluding diaryl/α,β-unsaturated/α-hetero) is 1. The minimum atomic E-state index is -0.793. The van der Waals surface area contributed by atoms with Crippen LogP contribution < -0.4 is 4.74 Å². The molecule has 2 atom stereocenters. The van der Waals surface area contributed by atoms with Crippen LogP contribution in [0.5, 0.6) is 5.75 Å². The van der Waals surface area contributed by atoms with E-state index in [4.69, 9.17) is 27.9 Å². The van der Waals surface area contributed by atoms with Crippen LogP contribution in [-0.2, 0) is 9.59 Å². The summed E-state index contributed by atoms with van der Waals surface area (Å²) in [6, 6.07) is 16.9. The summed E-state index contributed by atoms with van der Waals surface area (Å²) in [6.07, 6.45) is 2.68. The molecule has 0 aromatic heterocycles. The number of aryl methyl sites for hydroxylation is 1. The van der Waals surface area contributed by atoms with E-state index in [1.807, 2.05) is 19.9 Å². The van der Waals surface area contributed by atoms with Gasteiger partial charge in [-0.1, -0.05) is 52.5 Å². The molecule has 3 aromatic carbocycles. The molecule has 8 nitrogen and oxygen atoms in total. The van der Waals surface area contributed by atoms with Crippen molar-refractivity contribution < 1.29 is 28.7 Å². The third kappa shape index (κ3) is 5.86. The number of halogens is 2. The largest absolute Gasteiger partial charge is 0.423 e. The van der Waals surface area contributed by atoms with E-state index >= 15 is 0 Å². The van der Waals surface area contributed by atoms with Crippen molar-refractivity contribution in [3.8, 4) is 5.75 Å². The summed E-state index contributed by atoms with van der Waals surface area (Å²) in [7, 11) is 0. The predicted octanol–water partition coefficient (Wildman–Crippen LogP) is 6.10. The fourth-order valence-corrected chi connectivity index (χ4v) is 5.57. The van der Waals surface area contributed by atoms with Gasteiger partial charge in [0.1, 0.15) is 12.3 Å². The number of ketones is 1. The van der Waals surface area contributed by atoms with E-state index in [0.29, 0.717) is 23.4 Å². The number of amides is 3. The van der Waals surface area contributed by atoms with Crippen molar-refractivity contribution in [3.05, 3.63) is 111 Å². The molecule has 1 fully saturated rings. The summed E-state index contributed by atoms with van der Waals surface area (Å²) in [5.74, 6) is -3.99. The predicted molar refractivity (Wildman–Crippen MR) is 156 cm³/mol. The fraction of sp³-hybridized carbons (Fsp3) is 0.219. The van der Waals surface area contributed by atoms with Gasteiger partial charge < -0.3 is 4.74 Å². The highest BCUT2D eigenvalue weighted by molar-refractivity contribution is 6.36. The lowest BCUT2D eigenvalue weighted by Crippen LogP contribution is -2.52. The Morgan fingerprint density at radius 1 is 0.881 bits per heavy atom. The highest BCUT2D eigenvalue weighted by atomic mass is 35.5. The summed E-state index contributed by atoms with van der Waals surface area (Å²) in [4.78, 5) is 66.6. The Balaban J connectivity index is 1.39. The quantitative estimate of drug-likeness (QED) is 0.106. The van der Waals surface area contributed by atoms with Gasteiger partial charge in [-0.2, -0.15) is 5.01 Å². The first-order valence-electron chi connectivity index (χ1n) is 13.3. The molecule has 3 aromatic rings. The Kier molecular flexibility index (Phi) is 8.29. The maximum Gasteiger partial charge on any atom is 0.343 e. The number of hydrogen-bond donors (Lipinski definition) is 0. The first kappa shape index (κ1) is 29.2. The maximum absolute atomic E-state index is 13.8. The van der Waals surface area contributed by atoms with Crippen LogP contribution in [0.25, 0.3) is 0 Å². The number of carbonyl (C=O) groups is 5. The third-order valence-corrected chi connectivity index (χ3v) is 7.95.